The highest BCUT2D eigenvalue weighted by Gasteiger charge is 2.20. The van der Waals surface area contributed by atoms with E-state index in [0.29, 0.717) is 18.2 Å². The highest BCUT2D eigenvalue weighted by Crippen LogP contribution is 2.28. The van der Waals surface area contributed by atoms with E-state index in [0.717, 1.165) is 18.6 Å². The van der Waals surface area contributed by atoms with Crippen LogP contribution in [-0.2, 0) is 0 Å². The number of thioether (sulfide) groups is 1. The van der Waals surface area contributed by atoms with E-state index >= 15 is 0 Å². The maximum atomic E-state index is 12.2. The molecule has 1 unspecified atom stereocenters. The third-order valence-corrected chi connectivity index (χ3v) is 4.46. The fraction of sp³-hybridized carbons (Fsp3) is 0.714. The van der Waals surface area contributed by atoms with Gasteiger partial charge in [-0.1, -0.05) is 12.8 Å². The minimum Gasteiger partial charge on any atom is -0.396 e. The van der Waals surface area contributed by atoms with Crippen LogP contribution in [0.2, 0.25) is 0 Å². The van der Waals surface area contributed by atoms with E-state index in [-0.39, 0.29) is 18.6 Å². The first-order valence-electron chi connectivity index (χ1n) is 7.20. The highest BCUT2D eigenvalue weighted by atomic mass is 32.2. The molecule has 0 aliphatic heterocycles. The summed E-state index contributed by atoms with van der Waals surface area (Å²) < 4.78 is 1.93. The van der Waals surface area contributed by atoms with Gasteiger partial charge in [0.1, 0.15) is 5.69 Å². The number of rotatable bonds is 7. The maximum Gasteiger partial charge on any atom is 0.272 e. The van der Waals surface area contributed by atoms with Gasteiger partial charge >= 0.3 is 0 Å². The molecular formula is C14H23N3O2S. The Morgan fingerprint density at radius 2 is 2.35 bits per heavy atom. The Morgan fingerprint density at radius 1 is 1.60 bits per heavy atom. The summed E-state index contributed by atoms with van der Waals surface area (Å²) in [5, 5.41) is 16.4. The molecule has 20 heavy (non-hydrogen) atoms. The Balaban J connectivity index is 1.94. The van der Waals surface area contributed by atoms with Gasteiger partial charge in [0.25, 0.3) is 5.91 Å². The van der Waals surface area contributed by atoms with Crippen molar-refractivity contribution < 1.29 is 9.90 Å². The average Bonchev–Trinajstić information content (AvgIpc) is 3.10. The van der Waals surface area contributed by atoms with Crippen molar-refractivity contribution >= 4 is 17.7 Å². The summed E-state index contributed by atoms with van der Waals surface area (Å²) >= 11 is 1.66. The summed E-state index contributed by atoms with van der Waals surface area (Å²) in [6.45, 7) is 0.0853. The van der Waals surface area contributed by atoms with E-state index in [1.807, 2.05) is 17.1 Å². The monoisotopic (exact) mass is 297 g/mol. The van der Waals surface area contributed by atoms with Crippen molar-refractivity contribution in [3.05, 3.63) is 18.0 Å². The van der Waals surface area contributed by atoms with Crippen LogP contribution in [-0.4, -0.2) is 45.5 Å². The van der Waals surface area contributed by atoms with Crippen LogP contribution in [0.5, 0.6) is 0 Å². The summed E-state index contributed by atoms with van der Waals surface area (Å²) in [6.07, 6.45) is 9.28. The van der Waals surface area contributed by atoms with Crippen molar-refractivity contribution in [2.45, 2.75) is 44.2 Å². The summed E-state index contributed by atoms with van der Waals surface area (Å²) in [5.74, 6) is 0.657. The van der Waals surface area contributed by atoms with E-state index in [2.05, 4.69) is 10.4 Å². The molecule has 1 aromatic rings. The molecule has 112 valence electrons. The van der Waals surface area contributed by atoms with E-state index in [4.69, 9.17) is 5.11 Å². The van der Waals surface area contributed by atoms with E-state index < -0.39 is 0 Å². The molecule has 2 N–H and O–H groups in total. The third kappa shape index (κ3) is 3.99. The van der Waals surface area contributed by atoms with Crippen LogP contribution in [0.25, 0.3) is 0 Å². The second-order valence-corrected chi connectivity index (χ2v) is 6.17. The Hall–Kier alpha value is -1.01. The zero-order chi connectivity index (χ0) is 14.4. The molecule has 1 aromatic heterocycles. The van der Waals surface area contributed by atoms with Crippen LogP contribution in [0, 0.1) is 0 Å². The number of aliphatic hydroxyl groups excluding tert-OH is 1. The first-order chi connectivity index (χ1) is 9.74. The quantitative estimate of drug-likeness (QED) is 0.806. The van der Waals surface area contributed by atoms with Crippen molar-refractivity contribution in [1.82, 2.24) is 15.1 Å². The summed E-state index contributed by atoms with van der Waals surface area (Å²) in [4.78, 5) is 12.2. The van der Waals surface area contributed by atoms with Crippen LogP contribution < -0.4 is 5.32 Å². The predicted molar refractivity (Wildman–Crippen MR) is 81.1 cm³/mol. The lowest BCUT2D eigenvalue weighted by Gasteiger charge is -2.15. The molecule has 0 spiro atoms. The molecule has 0 radical (unpaired) electrons. The van der Waals surface area contributed by atoms with Crippen molar-refractivity contribution in [3.8, 4) is 0 Å². The number of hydrogen-bond acceptors (Lipinski definition) is 4. The molecule has 1 fully saturated rings. The molecule has 1 atom stereocenters. The lowest BCUT2D eigenvalue weighted by molar-refractivity contribution is 0.0929. The Labute approximate surface area is 124 Å². The van der Waals surface area contributed by atoms with Gasteiger partial charge in [-0.2, -0.15) is 16.9 Å². The summed E-state index contributed by atoms with van der Waals surface area (Å²) in [6, 6.07) is 2.23. The Kier molecular flexibility index (Phi) is 5.91. The molecule has 1 amide bonds. The second-order valence-electron chi connectivity index (χ2n) is 5.26. The molecule has 0 aromatic carbocycles. The topological polar surface area (TPSA) is 67.2 Å². The van der Waals surface area contributed by atoms with E-state index in [1.54, 1.807) is 17.8 Å². The maximum absolute atomic E-state index is 12.2. The van der Waals surface area contributed by atoms with Gasteiger partial charge in [0, 0.05) is 24.6 Å². The van der Waals surface area contributed by atoms with Gasteiger partial charge < -0.3 is 10.4 Å². The molecule has 1 saturated carbocycles. The van der Waals surface area contributed by atoms with Crippen molar-refractivity contribution in [2.24, 2.45) is 0 Å². The lowest BCUT2D eigenvalue weighted by atomic mass is 10.2. The number of nitrogens with one attached hydrogen (secondary N) is 1. The fourth-order valence-corrected chi connectivity index (χ4v) is 3.30. The van der Waals surface area contributed by atoms with Gasteiger partial charge in [0.05, 0.1) is 6.04 Å². The normalized spacial score (nSPS) is 17.3. The first-order valence-corrected chi connectivity index (χ1v) is 8.59. The van der Waals surface area contributed by atoms with Crippen molar-refractivity contribution in [2.75, 3.05) is 18.6 Å². The number of carbonyl (C=O) groups is 1. The third-order valence-electron chi connectivity index (χ3n) is 3.72. The second kappa shape index (κ2) is 7.69. The standard InChI is InChI=1S/C14H23N3O2S/c1-20-10-11(7-9-18)15-14(19)13-6-8-17(16-13)12-4-2-3-5-12/h6,8,11-12,18H,2-5,7,9-10H2,1H3,(H,15,19). The number of hydrogen-bond donors (Lipinski definition) is 2. The zero-order valence-electron chi connectivity index (χ0n) is 11.9. The Bertz CT molecular complexity index is 424. The molecule has 5 nitrogen and oxygen atoms in total. The molecule has 1 aliphatic carbocycles. The average molecular weight is 297 g/mol. The van der Waals surface area contributed by atoms with Crippen molar-refractivity contribution in [1.29, 1.82) is 0 Å². The summed E-state index contributed by atoms with van der Waals surface area (Å²) in [7, 11) is 0. The predicted octanol–water partition coefficient (Wildman–Crippen LogP) is 1.84. The molecule has 2 rings (SSSR count). The van der Waals surface area contributed by atoms with Gasteiger partial charge in [-0.3, -0.25) is 9.48 Å². The number of aliphatic hydroxyl groups is 1. The Morgan fingerprint density at radius 3 is 3.00 bits per heavy atom. The minimum atomic E-state index is -0.144. The van der Waals surface area contributed by atoms with Crippen LogP contribution in [0.3, 0.4) is 0 Å². The smallest absolute Gasteiger partial charge is 0.272 e. The SMILES string of the molecule is CSCC(CCO)NC(=O)c1ccn(C2CCCC2)n1. The lowest BCUT2D eigenvalue weighted by Crippen LogP contribution is -2.37. The van der Waals surface area contributed by atoms with Crippen molar-refractivity contribution in [3.63, 3.8) is 0 Å². The van der Waals surface area contributed by atoms with Crippen LogP contribution in [0.4, 0.5) is 0 Å². The first kappa shape index (κ1) is 15.4. The van der Waals surface area contributed by atoms with Gasteiger partial charge in [0.2, 0.25) is 0 Å². The van der Waals surface area contributed by atoms with Gasteiger partial charge in [-0.05, 0) is 31.6 Å². The molecular weight excluding hydrogens is 274 g/mol. The fourth-order valence-electron chi connectivity index (χ4n) is 2.64. The van der Waals surface area contributed by atoms with E-state index in [9.17, 15) is 4.79 Å². The highest BCUT2D eigenvalue weighted by molar-refractivity contribution is 7.98. The summed E-state index contributed by atoms with van der Waals surface area (Å²) in [5.41, 5.74) is 0.473. The molecule has 1 aliphatic rings. The number of nitrogens with zero attached hydrogens (tertiary/aromatic N) is 2. The molecule has 6 heteroatoms. The largest absolute Gasteiger partial charge is 0.396 e. The zero-order valence-corrected chi connectivity index (χ0v) is 12.7. The molecule has 0 saturated heterocycles. The van der Waals surface area contributed by atoms with Crippen LogP contribution >= 0.6 is 11.8 Å². The molecule has 0 bridgehead atoms. The molecule has 1 heterocycles. The van der Waals surface area contributed by atoms with Crippen LogP contribution in [0.15, 0.2) is 12.3 Å². The van der Waals surface area contributed by atoms with Gasteiger partial charge in [0.15, 0.2) is 0 Å². The van der Waals surface area contributed by atoms with Crippen LogP contribution in [0.1, 0.15) is 48.6 Å². The van der Waals surface area contributed by atoms with Gasteiger partial charge in [-0.25, -0.2) is 0 Å². The van der Waals surface area contributed by atoms with Gasteiger partial charge in [-0.15, -0.1) is 0 Å². The number of carbonyl (C=O) groups excluding carboxylic acids is 1. The minimum absolute atomic E-state index is 0.000805. The number of amides is 1. The van der Waals surface area contributed by atoms with E-state index in [1.165, 1.54) is 12.8 Å². The number of aromatic nitrogens is 2.